The van der Waals surface area contributed by atoms with E-state index in [1.807, 2.05) is 31.2 Å². The minimum absolute atomic E-state index is 0.0101. The number of hydrogen-bond donors (Lipinski definition) is 1. The number of aryl methyl sites for hydroxylation is 1. The van der Waals surface area contributed by atoms with Gasteiger partial charge >= 0.3 is 0 Å². The standard InChI is InChI=1S/C21H22N2O3/c1-14-5-3-6-16(9-14)12-23-13-18(11-20(23)25)21(26)22-19-8-4-7-17(10-19)15(2)24/h3-10,18H,11-13H2,1-2H3,(H,22,26). The Kier molecular flexibility index (Phi) is 5.16. The summed E-state index contributed by atoms with van der Waals surface area (Å²) < 4.78 is 0. The Morgan fingerprint density at radius 1 is 1.15 bits per heavy atom. The molecule has 1 heterocycles. The van der Waals surface area contributed by atoms with Crippen molar-refractivity contribution in [2.24, 2.45) is 5.92 Å². The van der Waals surface area contributed by atoms with Crippen molar-refractivity contribution in [3.8, 4) is 0 Å². The van der Waals surface area contributed by atoms with Crippen molar-refractivity contribution in [3.05, 3.63) is 65.2 Å². The van der Waals surface area contributed by atoms with E-state index in [1.54, 1.807) is 29.2 Å². The second kappa shape index (κ2) is 7.52. The number of Topliss-reactive ketones (excluding diaryl/α,β-unsaturated/α-hetero) is 1. The highest BCUT2D eigenvalue weighted by Gasteiger charge is 2.34. The predicted molar refractivity (Wildman–Crippen MR) is 99.8 cm³/mol. The molecule has 0 bridgehead atoms. The maximum Gasteiger partial charge on any atom is 0.229 e. The van der Waals surface area contributed by atoms with Crippen molar-refractivity contribution in [1.29, 1.82) is 0 Å². The quantitative estimate of drug-likeness (QED) is 0.842. The fourth-order valence-electron chi connectivity index (χ4n) is 3.19. The number of likely N-dealkylation sites (tertiary alicyclic amines) is 1. The number of hydrogen-bond acceptors (Lipinski definition) is 3. The van der Waals surface area contributed by atoms with Gasteiger partial charge in [0.15, 0.2) is 5.78 Å². The number of nitrogens with zero attached hydrogens (tertiary/aromatic N) is 1. The number of rotatable bonds is 5. The van der Waals surface area contributed by atoms with Crippen molar-refractivity contribution in [2.45, 2.75) is 26.8 Å². The van der Waals surface area contributed by atoms with Gasteiger partial charge in [-0.05, 0) is 31.5 Å². The van der Waals surface area contributed by atoms with Gasteiger partial charge in [-0.25, -0.2) is 0 Å². The number of benzene rings is 2. The molecule has 2 aromatic carbocycles. The van der Waals surface area contributed by atoms with E-state index in [4.69, 9.17) is 0 Å². The van der Waals surface area contributed by atoms with Crippen LogP contribution < -0.4 is 5.32 Å². The molecule has 1 aliphatic heterocycles. The third-order valence-electron chi connectivity index (χ3n) is 4.58. The van der Waals surface area contributed by atoms with Crippen LogP contribution in [0.25, 0.3) is 0 Å². The predicted octanol–water partition coefficient (Wildman–Crippen LogP) is 3.18. The van der Waals surface area contributed by atoms with Crippen LogP contribution in [-0.2, 0) is 16.1 Å². The lowest BCUT2D eigenvalue weighted by Gasteiger charge is -2.17. The van der Waals surface area contributed by atoms with Crippen LogP contribution in [0.1, 0.15) is 34.8 Å². The average Bonchev–Trinajstić information content (AvgIpc) is 2.96. The van der Waals surface area contributed by atoms with E-state index in [0.29, 0.717) is 24.3 Å². The van der Waals surface area contributed by atoms with Gasteiger partial charge in [-0.3, -0.25) is 14.4 Å². The van der Waals surface area contributed by atoms with E-state index in [-0.39, 0.29) is 29.9 Å². The molecule has 0 radical (unpaired) electrons. The summed E-state index contributed by atoms with van der Waals surface area (Å²) >= 11 is 0. The SMILES string of the molecule is CC(=O)c1cccc(NC(=O)C2CC(=O)N(Cc3cccc(C)c3)C2)c1. The van der Waals surface area contributed by atoms with Gasteiger partial charge in [-0.1, -0.05) is 42.0 Å². The Labute approximate surface area is 153 Å². The molecule has 5 nitrogen and oxygen atoms in total. The summed E-state index contributed by atoms with van der Waals surface area (Å²) in [7, 11) is 0. The van der Waals surface area contributed by atoms with Gasteiger partial charge in [0.25, 0.3) is 0 Å². The zero-order valence-electron chi connectivity index (χ0n) is 15.0. The third-order valence-corrected chi connectivity index (χ3v) is 4.58. The van der Waals surface area contributed by atoms with Gasteiger partial charge in [0.2, 0.25) is 11.8 Å². The Bertz CT molecular complexity index is 860. The third kappa shape index (κ3) is 4.17. The molecule has 0 aliphatic carbocycles. The van der Waals surface area contributed by atoms with Gasteiger partial charge in [-0.2, -0.15) is 0 Å². The van der Waals surface area contributed by atoms with Gasteiger partial charge in [0, 0.05) is 30.8 Å². The van der Waals surface area contributed by atoms with Crippen LogP contribution in [0.3, 0.4) is 0 Å². The van der Waals surface area contributed by atoms with E-state index in [1.165, 1.54) is 6.92 Å². The molecule has 134 valence electrons. The number of carbonyl (C=O) groups is 3. The molecule has 1 N–H and O–H groups in total. The molecule has 2 aromatic rings. The first kappa shape index (κ1) is 17.9. The molecule has 5 heteroatoms. The average molecular weight is 350 g/mol. The molecule has 1 aliphatic rings. The van der Waals surface area contributed by atoms with Crippen LogP contribution in [-0.4, -0.2) is 29.0 Å². The summed E-state index contributed by atoms with van der Waals surface area (Å²) in [6.45, 7) is 4.43. The first-order valence-electron chi connectivity index (χ1n) is 8.67. The summed E-state index contributed by atoms with van der Waals surface area (Å²) in [5, 5.41) is 2.82. The molecule has 1 unspecified atom stereocenters. The highest BCUT2D eigenvalue weighted by atomic mass is 16.2. The van der Waals surface area contributed by atoms with Gasteiger partial charge in [-0.15, -0.1) is 0 Å². The molecule has 1 atom stereocenters. The minimum Gasteiger partial charge on any atom is -0.338 e. The fourth-order valence-corrected chi connectivity index (χ4v) is 3.19. The zero-order valence-corrected chi connectivity index (χ0v) is 15.0. The molecule has 26 heavy (non-hydrogen) atoms. The van der Waals surface area contributed by atoms with Gasteiger partial charge in [0.05, 0.1) is 5.92 Å². The van der Waals surface area contributed by atoms with Crippen LogP contribution in [0, 0.1) is 12.8 Å². The lowest BCUT2D eigenvalue weighted by molar-refractivity contribution is -0.128. The number of ketones is 1. The fraction of sp³-hybridized carbons (Fsp3) is 0.286. The number of nitrogens with one attached hydrogen (secondary N) is 1. The van der Waals surface area contributed by atoms with Crippen LogP contribution in [0.15, 0.2) is 48.5 Å². The van der Waals surface area contributed by atoms with Crippen molar-refractivity contribution >= 4 is 23.3 Å². The van der Waals surface area contributed by atoms with Crippen molar-refractivity contribution in [1.82, 2.24) is 4.90 Å². The summed E-state index contributed by atoms with van der Waals surface area (Å²) in [5.74, 6) is -0.635. The van der Waals surface area contributed by atoms with Crippen molar-refractivity contribution < 1.29 is 14.4 Å². The second-order valence-electron chi connectivity index (χ2n) is 6.79. The molecular formula is C21H22N2O3. The molecule has 0 spiro atoms. The Morgan fingerprint density at radius 3 is 2.65 bits per heavy atom. The van der Waals surface area contributed by atoms with E-state index in [2.05, 4.69) is 5.32 Å². The molecule has 1 saturated heterocycles. The van der Waals surface area contributed by atoms with Crippen LogP contribution in [0.4, 0.5) is 5.69 Å². The first-order chi connectivity index (χ1) is 12.4. The van der Waals surface area contributed by atoms with Crippen LogP contribution >= 0.6 is 0 Å². The first-order valence-corrected chi connectivity index (χ1v) is 8.67. The minimum atomic E-state index is -0.381. The maximum atomic E-state index is 12.5. The summed E-state index contributed by atoms with van der Waals surface area (Å²) in [6.07, 6.45) is 0.212. The van der Waals surface area contributed by atoms with Crippen molar-refractivity contribution in [3.63, 3.8) is 0 Å². The number of carbonyl (C=O) groups excluding carboxylic acids is 3. The van der Waals surface area contributed by atoms with Crippen molar-refractivity contribution in [2.75, 3.05) is 11.9 Å². The zero-order chi connectivity index (χ0) is 18.7. The van der Waals surface area contributed by atoms with Crippen LogP contribution in [0.2, 0.25) is 0 Å². The van der Waals surface area contributed by atoms with E-state index >= 15 is 0 Å². The lowest BCUT2D eigenvalue weighted by Crippen LogP contribution is -2.28. The molecular weight excluding hydrogens is 328 g/mol. The molecule has 3 rings (SSSR count). The second-order valence-corrected chi connectivity index (χ2v) is 6.79. The number of amides is 2. The van der Waals surface area contributed by atoms with E-state index in [0.717, 1.165) is 11.1 Å². The lowest BCUT2D eigenvalue weighted by atomic mass is 10.1. The molecule has 0 saturated carbocycles. The smallest absolute Gasteiger partial charge is 0.229 e. The molecule has 0 aromatic heterocycles. The maximum absolute atomic E-state index is 12.5. The highest BCUT2D eigenvalue weighted by molar-refractivity contribution is 5.99. The van der Waals surface area contributed by atoms with E-state index < -0.39 is 0 Å². The van der Waals surface area contributed by atoms with Gasteiger partial charge < -0.3 is 10.2 Å². The summed E-state index contributed by atoms with van der Waals surface area (Å²) in [5.41, 5.74) is 3.33. The Hall–Kier alpha value is -2.95. The summed E-state index contributed by atoms with van der Waals surface area (Å²) in [6, 6.07) is 14.9. The normalized spacial score (nSPS) is 16.6. The van der Waals surface area contributed by atoms with Gasteiger partial charge in [0.1, 0.15) is 0 Å². The highest BCUT2D eigenvalue weighted by Crippen LogP contribution is 2.22. The molecule has 2 amide bonds. The summed E-state index contributed by atoms with van der Waals surface area (Å²) in [4.78, 5) is 38.0. The van der Waals surface area contributed by atoms with E-state index in [9.17, 15) is 14.4 Å². The topological polar surface area (TPSA) is 66.5 Å². The van der Waals surface area contributed by atoms with Crippen LogP contribution in [0.5, 0.6) is 0 Å². The molecule has 1 fully saturated rings. The number of anilines is 1. The monoisotopic (exact) mass is 350 g/mol. The Balaban J connectivity index is 1.63. The Morgan fingerprint density at radius 2 is 1.92 bits per heavy atom. The largest absolute Gasteiger partial charge is 0.338 e.